The summed E-state index contributed by atoms with van der Waals surface area (Å²) in [6, 6.07) is 1.53. The van der Waals surface area contributed by atoms with Crippen molar-refractivity contribution in [3.8, 4) is 18.2 Å². The van der Waals surface area contributed by atoms with E-state index in [1.54, 1.807) is 0 Å². The van der Waals surface area contributed by atoms with Crippen LogP contribution in [0.4, 0.5) is 0 Å². The molecule has 0 saturated carbocycles. The molecular weight excluding hydrogens is 128 g/mol. The molecule has 0 fully saturated rings. The van der Waals surface area contributed by atoms with Gasteiger partial charge in [0.05, 0.1) is 6.20 Å². The van der Waals surface area contributed by atoms with Gasteiger partial charge in [-0.1, -0.05) is 5.92 Å². The van der Waals surface area contributed by atoms with Crippen molar-refractivity contribution in [1.29, 1.82) is 0 Å². The third-order valence-corrected chi connectivity index (χ3v) is 0.809. The molecule has 1 rings (SSSR count). The molecule has 1 aromatic heterocycles. The molecule has 0 unspecified atom stereocenters. The summed E-state index contributed by atoms with van der Waals surface area (Å²) in [5, 5.41) is 0. The van der Waals surface area contributed by atoms with E-state index in [4.69, 9.17) is 11.2 Å². The van der Waals surface area contributed by atoms with Gasteiger partial charge in [-0.25, -0.2) is 9.97 Å². The van der Waals surface area contributed by atoms with Crippen LogP contribution < -0.4 is 4.74 Å². The minimum Gasteiger partial charge on any atom is -0.464 e. The number of hydrogen-bond donors (Lipinski definition) is 0. The van der Waals surface area contributed by atoms with Crippen LogP contribution in [0.25, 0.3) is 0 Å². The van der Waals surface area contributed by atoms with Crippen molar-refractivity contribution in [3.05, 3.63) is 18.6 Å². The van der Waals surface area contributed by atoms with Crippen LogP contribution in [-0.2, 0) is 0 Å². The van der Waals surface area contributed by atoms with Gasteiger partial charge in [-0.05, 0) is 0 Å². The Morgan fingerprint density at radius 1 is 1.80 bits per heavy atom. The maximum Gasteiger partial charge on any atom is 0.217 e. The molecule has 0 saturated heterocycles. The Kier molecular flexibility index (Phi) is 2.27. The highest BCUT2D eigenvalue weighted by Crippen LogP contribution is 1.99. The number of aromatic nitrogens is 2. The molecule has 0 bridgehead atoms. The number of nitrogens with zero attached hydrogens (tertiary/aromatic N) is 2. The van der Waals surface area contributed by atoms with Crippen LogP contribution in [0, 0.1) is 18.5 Å². The molecule has 3 nitrogen and oxygen atoms in total. The van der Waals surface area contributed by atoms with Gasteiger partial charge in [-0.3, -0.25) is 0 Å². The van der Waals surface area contributed by atoms with E-state index in [9.17, 15) is 0 Å². The molecule has 0 N–H and O–H groups in total. The first-order valence-electron chi connectivity index (χ1n) is 2.68. The first kappa shape index (κ1) is 6.56. The van der Waals surface area contributed by atoms with Crippen molar-refractivity contribution in [2.45, 2.75) is 0 Å². The molecule has 49 valence electrons. The lowest BCUT2D eigenvalue weighted by Gasteiger charge is -1.96. The normalized spacial score (nSPS) is 8.30. The molecule has 1 heterocycles. The van der Waals surface area contributed by atoms with E-state index in [1.165, 1.54) is 12.4 Å². The zero-order valence-electron chi connectivity index (χ0n) is 5.24. The van der Waals surface area contributed by atoms with Crippen LogP contribution in [0.1, 0.15) is 0 Å². The van der Waals surface area contributed by atoms with Gasteiger partial charge in [0, 0.05) is 6.07 Å². The predicted octanol–water partition coefficient (Wildman–Crippen LogP) is 0.289. The van der Waals surface area contributed by atoms with E-state index in [-0.39, 0.29) is 6.61 Å². The number of rotatable bonds is 2. The van der Waals surface area contributed by atoms with Gasteiger partial charge in [0.1, 0.15) is 6.33 Å². The molecule has 1 aromatic rings. The van der Waals surface area contributed by atoms with Gasteiger partial charge in [-0.15, -0.1) is 6.42 Å². The van der Waals surface area contributed by atoms with E-state index in [1.807, 2.05) is 0 Å². The summed E-state index contributed by atoms with van der Waals surface area (Å²) < 4.78 is 4.94. The van der Waals surface area contributed by atoms with Crippen molar-refractivity contribution in [1.82, 2.24) is 9.97 Å². The van der Waals surface area contributed by atoms with E-state index >= 15 is 0 Å². The SMILES string of the molecule is C#CCOc1c[c]ncn1. The number of terminal acetylenes is 1. The van der Waals surface area contributed by atoms with Gasteiger partial charge in [0.15, 0.2) is 6.61 Å². The summed E-state index contributed by atoms with van der Waals surface area (Å²) in [5.41, 5.74) is 0. The molecule has 0 aliphatic heterocycles. The molecule has 3 heteroatoms. The van der Waals surface area contributed by atoms with Gasteiger partial charge >= 0.3 is 0 Å². The van der Waals surface area contributed by atoms with Crippen LogP contribution >= 0.6 is 0 Å². The minimum atomic E-state index is 0.227. The second-order valence-corrected chi connectivity index (χ2v) is 1.48. The predicted molar refractivity (Wildman–Crippen MR) is 35.2 cm³/mol. The van der Waals surface area contributed by atoms with Crippen molar-refractivity contribution in [2.75, 3.05) is 6.61 Å². The minimum absolute atomic E-state index is 0.227. The number of hydrogen-bond acceptors (Lipinski definition) is 3. The van der Waals surface area contributed by atoms with Crippen molar-refractivity contribution >= 4 is 0 Å². The summed E-state index contributed by atoms with van der Waals surface area (Å²) in [4.78, 5) is 7.34. The lowest BCUT2D eigenvalue weighted by Crippen LogP contribution is -1.95. The second kappa shape index (κ2) is 3.46. The second-order valence-electron chi connectivity index (χ2n) is 1.48. The van der Waals surface area contributed by atoms with Crippen LogP contribution in [0.5, 0.6) is 5.88 Å². The first-order chi connectivity index (χ1) is 4.93. The monoisotopic (exact) mass is 133 g/mol. The smallest absolute Gasteiger partial charge is 0.217 e. The molecule has 0 aliphatic rings. The Labute approximate surface area is 59.1 Å². The Balaban J connectivity index is 2.52. The van der Waals surface area contributed by atoms with Crippen molar-refractivity contribution in [2.24, 2.45) is 0 Å². The van der Waals surface area contributed by atoms with Crippen LogP contribution in [-0.4, -0.2) is 16.6 Å². The Morgan fingerprint density at radius 3 is 3.30 bits per heavy atom. The molecular formula is C7H5N2O. The Hall–Kier alpha value is -1.56. The summed E-state index contributed by atoms with van der Waals surface area (Å²) in [6.07, 6.45) is 8.86. The fraction of sp³-hybridized carbons (Fsp3) is 0.143. The molecule has 0 atom stereocenters. The molecule has 1 radical (unpaired) electrons. The number of ether oxygens (including phenoxy) is 1. The van der Waals surface area contributed by atoms with Crippen LogP contribution in [0.15, 0.2) is 12.4 Å². The third kappa shape index (κ3) is 1.75. The van der Waals surface area contributed by atoms with E-state index in [0.717, 1.165) is 0 Å². The Bertz CT molecular complexity index is 227. The molecule has 10 heavy (non-hydrogen) atoms. The summed E-state index contributed by atoms with van der Waals surface area (Å²) in [6.45, 7) is 0.227. The average molecular weight is 133 g/mol. The lowest BCUT2D eigenvalue weighted by molar-refractivity contribution is 0.354. The zero-order valence-corrected chi connectivity index (χ0v) is 5.24. The molecule has 0 aliphatic carbocycles. The summed E-state index contributed by atoms with van der Waals surface area (Å²) in [5.74, 6) is 2.77. The fourth-order valence-corrected chi connectivity index (χ4v) is 0.443. The van der Waals surface area contributed by atoms with Crippen LogP contribution in [0.2, 0.25) is 0 Å². The highest BCUT2D eigenvalue weighted by Gasteiger charge is 1.88. The van der Waals surface area contributed by atoms with E-state index < -0.39 is 0 Å². The van der Waals surface area contributed by atoms with Gasteiger partial charge < -0.3 is 4.74 Å². The largest absolute Gasteiger partial charge is 0.464 e. The van der Waals surface area contributed by atoms with E-state index in [2.05, 4.69) is 22.1 Å². The van der Waals surface area contributed by atoms with Crippen molar-refractivity contribution in [3.63, 3.8) is 0 Å². The highest BCUT2D eigenvalue weighted by atomic mass is 16.5. The highest BCUT2D eigenvalue weighted by molar-refractivity contribution is 5.04. The standard InChI is InChI=1S/C7H5N2O/c1-2-5-10-7-3-4-8-6-9-7/h1,3,6H,5H2. The third-order valence-electron chi connectivity index (χ3n) is 0.809. The quantitative estimate of drug-likeness (QED) is 0.544. The van der Waals surface area contributed by atoms with Gasteiger partial charge in [0.25, 0.3) is 0 Å². The maximum absolute atomic E-state index is 4.95. The zero-order chi connectivity index (χ0) is 7.23. The van der Waals surface area contributed by atoms with Gasteiger partial charge in [0.2, 0.25) is 5.88 Å². The average Bonchev–Trinajstić information content (AvgIpc) is 2.03. The Morgan fingerprint density at radius 2 is 2.70 bits per heavy atom. The molecule has 0 spiro atoms. The maximum atomic E-state index is 4.95. The summed E-state index contributed by atoms with van der Waals surface area (Å²) >= 11 is 0. The fourth-order valence-electron chi connectivity index (χ4n) is 0.443. The van der Waals surface area contributed by atoms with Crippen LogP contribution in [0.3, 0.4) is 0 Å². The first-order valence-corrected chi connectivity index (χ1v) is 2.68. The summed E-state index contributed by atoms with van der Waals surface area (Å²) in [7, 11) is 0. The lowest BCUT2D eigenvalue weighted by atomic mass is 10.6. The molecule has 0 amide bonds. The molecule has 0 aromatic carbocycles. The van der Waals surface area contributed by atoms with E-state index in [0.29, 0.717) is 5.88 Å². The van der Waals surface area contributed by atoms with Gasteiger partial charge in [-0.2, -0.15) is 0 Å². The van der Waals surface area contributed by atoms with Crippen molar-refractivity contribution < 1.29 is 4.74 Å². The topological polar surface area (TPSA) is 35.0 Å².